The first kappa shape index (κ1) is 33.8. The first-order chi connectivity index (χ1) is 20.9. The minimum absolute atomic E-state index is 0.00122. The maximum atomic E-state index is 12.8. The number of hydrogen-bond acceptors (Lipinski definition) is 9. The lowest BCUT2D eigenvalue weighted by Crippen LogP contribution is -2.67. The van der Waals surface area contributed by atoms with E-state index >= 15 is 0 Å². The fourth-order valence-corrected chi connectivity index (χ4v) is 12.2. The summed E-state index contributed by atoms with van der Waals surface area (Å²) in [7, 11) is 0. The largest absolute Gasteiger partial charge is 0.550 e. The van der Waals surface area contributed by atoms with E-state index in [1.165, 1.54) is 5.57 Å². The van der Waals surface area contributed by atoms with Gasteiger partial charge in [0.05, 0.1) is 19.3 Å². The third kappa shape index (κ3) is 4.61. The van der Waals surface area contributed by atoms with Crippen molar-refractivity contribution < 1.29 is 44.9 Å². The molecule has 0 amide bonds. The highest BCUT2D eigenvalue weighted by Gasteiger charge is 2.69. The molecule has 0 aromatic heterocycles. The van der Waals surface area contributed by atoms with E-state index in [1.54, 1.807) is 0 Å². The summed E-state index contributed by atoms with van der Waals surface area (Å²) in [5.41, 5.74) is -0.256. The Labute approximate surface area is 268 Å². The van der Waals surface area contributed by atoms with Gasteiger partial charge >= 0.3 is 0 Å². The van der Waals surface area contributed by atoms with Gasteiger partial charge < -0.3 is 44.9 Å². The van der Waals surface area contributed by atoms with Gasteiger partial charge in [0, 0.05) is 16.8 Å². The van der Waals surface area contributed by atoms with Gasteiger partial charge in [-0.15, -0.1) is 0 Å². The topological polar surface area (TPSA) is 160 Å². The van der Waals surface area contributed by atoms with Gasteiger partial charge in [0.15, 0.2) is 6.29 Å². The lowest BCUT2D eigenvalue weighted by molar-refractivity contribution is -0.334. The molecule has 9 heteroatoms. The maximum Gasteiger partial charge on any atom is 0.186 e. The predicted octanol–water partition coefficient (Wildman–Crippen LogP) is 2.70. The summed E-state index contributed by atoms with van der Waals surface area (Å²) < 4.78 is 12.1. The number of carboxylic acid groups (broad SMARTS) is 1. The van der Waals surface area contributed by atoms with Crippen LogP contribution < -0.4 is 5.11 Å². The van der Waals surface area contributed by atoms with Crippen molar-refractivity contribution in [2.24, 2.45) is 50.2 Å². The zero-order chi connectivity index (χ0) is 33.0. The summed E-state index contributed by atoms with van der Waals surface area (Å²) in [6, 6.07) is 0. The van der Waals surface area contributed by atoms with Crippen LogP contribution in [0, 0.1) is 50.2 Å². The third-order valence-electron chi connectivity index (χ3n) is 15.3. The normalized spacial score (nSPS) is 54.1. The average Bonchev–Trinajstić information content (AvgIpc) is 2.98. The van der Waals surface area contributed by atoms with E-state index in [1.807, 2.05) is 0 Å². The predicted molar refractivity (Wildman–Crippen MR) is 164 cm³/mol. The first-order valence-electron chi connectivity index (χ1n) is 17.4. The monoisotopic (exact) mass is 633 g/mol. The number of fused-ring (bicyclic) bond motifs is 7. The number of aliphatic hydroxyl groups is 5. The summed E-state index contributed by atoms with van der Waals surface area (Å²) in [5, 5.41) is 64.9. The molecule has 9 nitrogen and oxygen atoms in total. The molecule has 1 saturated heterocycles. The van der Waals surface area contributed by atoms with Crippen LogP contribution in [0.4, 0.5) is 0 Å². The lowest BCUT2D eigenvalue weighted by atomic mass is 9.33. The first-order valence-corrected chi connectivity index (χ1v) is 17.4. The number of rotatable bonds is 5. The van der Waals surface area contributed by atoms with Gasteiger partial charge in [0.1, 0.15) is 24.4 Å². The second kappa shape index (κ2) is 11.0. The molecule has 0 spiro atoms. The average molecular weight is 634 g/mol. The number of ether oxygens (including phenoxy) is 2. The number of aliphatic hydroxyl groups excluding tert-OH is 5. The molecule has 4 saturated carbocycles. The Bertz CT molecular complexity index is 1200. The molecular weight excluding hydrogens is 576 g/mol. The minimum atomic E-state index is -1.52. The molecule has 14 atom stereocenters. The Morgan fingerprint density at radius 1 is 0.911 bits per heavy atom. The van der Waals surface area contributed by atoms with Crippen molar-refractivity contribution >= 4 is 5.97 Å². The Kier molecular flexibility index (Phi) is 8.25. The molecule has 1 heterocycles. The van der Waals surface area contributed by atoms with Gasteiger partial charge in [-0.2, -0.15) is 0 Å². The number of carboxylic acids is 1. The van der Waals surface area contributed by atoms with Gasteiger partial charge in [-0.3, -0.25) is 0 Å². The molecule has 0 bridgehead atoms. The zero-order valence-electron chi connectivity index (χ0n) is 28.1. The molecule has 0 unspecified atom stereocenters. The van der Waals surface area contributed by atoms with E-state index in [2.05, 4.69) is 47.6 Å². The molecule has 45 heavy (non-hydrogen) atoms. The second-order valence-electron chi connectivity index (χ2n) is 17.7. The maximum absolute atomic E-state index is 12.8. The molecule has 256 valence electrons. The summed E-state index contributed by atoms with van der Waals surface area (Å²) in [5.74, 6) is -0.414. The van der Waals surface area contributed by atoms with E-state index in [4.69, 9.17) is 9.47 Å². The van der Waals surface area contributed by atoms with E-state index in [9.17, 15) is 35.4 Å². The van der Waals surface area contributed by atoms with E-state index < -0.39 is 60.2 Å². The van der Waals surface area contributed by atoms with Gasteiger partial charge in [-0.05, 0) is 104 Å². The zero-order valence-corrected chi connectivity index (χ0v) is 28.1. The number of carbonyl (C=O) groups excluding carboxylic acids is 1. The van der Waals surface area contributed by atoms with Crippen molar-refractivity contribution in [1.82, 2.24) is 0 Å². The van der Waals surface area contributed by atoms with Crippen molar-refractivity contribution in [2.75, 3.05) is 13.2 Å². The fraction of sp³-hybridized carbons (Fsp3) is 0.917. The van der Waals surface area contributed by atoms with E-state index in [-0.39, 0.29) is 40.1 Å². The third-order valence-corrected chi connectivity index (χ3v) is 15.3. The molecule has 5 fully saturated rings. The highest BCUT2D eigenvalue weighted by atomic mass is 16.7. The molecule has 0 aromatic carbocycles. The van der Waals surface area contributed by atoms with Crippen LogP contribution in [0.3, 0.4) is 0 Å². The highest BCUT2D eigenvalue weighted by molar-refractivity contribution is 5.74. The lowest BCUT2D eigenvalue weighted by Gasteiger charge is -2.71. The molecule has 6 rings (SSSR count). The summed E-state index contributed by atoms with van der Waals surface area (Å²) in [6.07, 6.45) is 3.41. The Morgan fingerprint density at radius 2 is 1.60 bits per heavy atom. The van der Waals surface area contributed by atoms with Crippen LogP contribution in [0.1, 0.15) is 106 Å². The highest BCUT2D eigenvalue weighted by Crippen LogP contribution is 2.75. The molecule has 6 aliphatic rings. The van der Waals surface area contributed by atoms with E-state index in [0.29, 0.717) is 25.2 Å². The molecule has 0 radical (unpaired) electrons. The van der Waals surface area contributed by atoms with Crippen molar-refractivity contribution in [3.8, 4) is 0 Å². The van der Waals surface area contributed by atoms with Crippen molar-refractivity contribution in [2.45, 2.75) is 143 Å². The smallest absolute Gasteiger partial charge is 0.186 e. The number of aliphatic carboxylic acids is 1. The van der Waals surface area contributed by atoms with Gasteiger partial charge in [-0.25, -0.2) is 0 Å². The fourth-order valence-electron chi connectivity index (χ4n) is 12.2. The van der Waals surface area contributed by atoms with Crippen molar-refractivity contribution in [1.29, 1.82) is 0 Å². The standard InChI is InChI=1S/C36H58O9/c1-31(2)13-15-36(30(42)43)16-14-34(5)20(21(36)17-31)7-8-24-32(3)11-10-25(33(4,19-38)23(32)9-12-35(24,34)6)45-29-28(41)27(40)26(39)22(18-37)44-29/h7,21-29,37-41H,8-19H2,1-6H3,(H,42,43)/p-1/t21-,22+,23+,24+,25-,26+,27-,28+,29-,32-,33-,34+,35+,36-/m0/s1. The summed E-state index contributed by atoms with van der Waals surface area (Å²) in [6.45, 7) is 13.2. The van der Waals surface area contributed by atoms with Crippen LogP contribution >= 0.6 is 0 Å². The SMILES string of the molecule is CC1(C)CC[C@]2(C(=O)[O-])CC[C@]3(C)C(=CC[C@@H]4[C@@]5(C)CC[C@H](O[C@@H]6O[C@H](CO)[C@@H](O)[C@H](O)[C@H]6O)[C@@](C)(CO)[C@@H]5CC[C@]43C)[C@@H]2C1. The van der Waals surface area contributed by atoms with Crippen LogP contribution in [0.5, 0.6) is 0 Å². The Morgan fingerprint density at radius 3 is 2.24 bits per heavy atom. The molecule has 0 aromatic rings. The molecule has 1 aliphatic heterocycles. The summed E-state index contributed by atoms with van der Waals surface area (Å²) in [4.78, 5) is 12.8. The Hall–Kier alpha value is -1.07. The number of allylic oxidation sites excluding steroid dienone is 2. The van der Waals surface area contributed by atoms with Gasteiger partial charge in [0.25, 0.3) is 0 Å². The minimum Gasteiger partial charge on any atom is -0.550 e. The van der Waals surface area contributed by atoms with Crippen LogP contribution in [0.2, 0.25) is 0 Å². The van der Waals surface area contributed by atoms with E-state index in [0.717, 1.165) is 44.9 Å². The quantitative estimate of drug-likeness (QED) is 0.227. The Balaban J connectivity index is 1.31. The van der Waals surface area contributed by atoms with Crippen LogP contribution in [0.15, 0.2) is 11.6 Å². The summed E-state index contributed by atoms with van der Waals surface area (Å²) >= 11 is 0. The molecule has 5 N–H and O–H groups in total. The molecule has 5 aliphatic carbocycles. The van der Waals surface area contributed by atoms with Crippen molar-refractivity contribution in [3.63, 3.8) is 0 Å². The van der Waals surface area contributed by atoms with Crippen molar-refractivity contribution in [3.05, 3.63) is 11.6 Å². The number of hydrogen-bond donors (Lipinski definition) is 5. The molecular formula is C36H57O9-. The van der Waals surface area contributed by atoms with Crippen LogP contribution in [-0.2, 0) is 14.3 Å². The number of carbonyl (C=O) groups is 1. The second-order valence-corrected chi connectivity index (χ2v) is 17.7. The van der Waals surface area contributed by atoms with Crippen LogP contribution in [0.25, 0.3) is 0 Å². The van der Waals surface area contributed by atoms with Gasteiger partial charge in [0.2, 0.25) is 0 Å². The van der Waals surface area contributed by atoms with Gasteiger partial charge in [-0.1, -0.05) is 53.2 Å². The van der Waals surface area contributed by atoms with Crippen LogP contribution in [-0.4, -0.2) is 81.5 Å².